The maximum atomic E-state index is 8.08. The molecule has 512 valence electrons. The molecule has 100 heavy (non-hydrogen) atoms. The van der Waals surface area contributed by atoms with E-state index in [9.17, 15) is 0 Å². The standard InChI is InChI=1S/C25H32NSi.C24H30NSi.C23H26N.C22H24N/c1-17-9-11-21(12-10-17)22-15-23(19(3)13-18(22)2)24-14-20(4)25(16-26(24)5)27(6,7)8;1-17-8-10-20(11-9-17)22-15-23(19(3)14-18(22)2)24-13-12-21(16-25(24)4)26(5,6)7;1-15-7-9-20(10-8-15)21-13-22(18(4)11-17(21)3)23-12-16(2)19(5)14-24(23)6;1-15-6-8-19(9-7-15)20-14-21(18(4)13-17(20)3)22-12-16(2)10-11-23(22)5/h9-16H,1-8H3;8-16H,1-7H3;7-14H,1-6H3;6-14H,1-5H3/q4*+1/i2*2D3;3D3,5D3;3D3. The number of pyridine rings is 4. The van der Waals surface area contributed by atoms with Crippen molar-refractivity contribution in [2.75, 3.05) is 0 Å². The molecule has 0 saturated heterocycles. The van der Waals surface area contributed by atoms with Crippen LogP contribution in [0.4, 0.5) is 0 Å². The zero-order chi connectivity index (χ0) is 85.5. The number of rotatable bonds is 10. The Morgan fingerprint density at radius 2 is 0.560 bits per heavy atom. The molecule has 4 nitrogen and oxygen atoms in total. The fourth-order valence-electron chi connectivity index (χ4n) is 12.9. The van der Waals surface area contributed by atoms with Gasteiger partial charge in [-0.25, -0.2) is 18.3 Å². The van der Waals surface area contributed by atoms with Crippen LogP contribution in [0.5, 0.6) is 0 Å². The van der Waals surface area contributed by atoms with Crippen molar-refractivity contribution in [1.82, 2.24) is 0 Å². The summed E-state index contributed by atoms with van der Waals surface area (Å²) in [5.41, 5.74) is 28.1. The van der Waals surface area contributed by atoms with Crippen molar-refractivity contribution in [3.05, 3.63) is 296 Å². The van der Waals surface area contributed by atoms with Crippen LogP contribution < -0.4 is 28.6 Å². The summed E-state index contributed by atoms with van der Waals surface area (Å²) in [6.45, 7) is 25.2. The Labute approximate surface area is 625 Å². The maximum absolute atomic E-state index is 8.08. The molecule has 0 spiro atoms. The van der Waals surface area contributed by atoms with Crippen LogP contribution in [-0.4, -0.2) is 16.1 Å². The van der Waals surface area contributed by atoms with E-state index in [0.29, 0.717) is 38.9 Å². The van der Waals surface area contributed by atoms with Gasteiger partial charge in [0, 0.05) is 89.1 Å². The van der Waals surface area contributed by atoms with Gasteiger partial charge >= 0.3 is 0 Å². The van der Waals surface area contributed by atoms with Crippen molar-refractivity contribution in [2.45, 2.75) is 150 Å². The van der Waals surface area contributed by atoms with Crippen molar-refractivity contribution < 1.29 is 38.8 Å². The second-order valence-electron chi connectivity index (χ2n) is 29.7. The van der Waals surface area contributed by atoms with E-state index in [0.717, 1.165) is 128 Å². The summed E-state index contributed by atoms with van der Waals surface area (Å²) < 4.78 is 128. The van der Waals surface area contributed by atoms with Crippen LogP contribution in [0.2, 0.25) is 39.3 Å². The maximum Gasteiger partial charge on any atom is 0.212 e. The molecule has 0 aliphatic heterocycles. The van der Waals surface area contributed by atoms with Crippen molar-refractivity contribution >= 4 is 26.5 Å². The molecule has 0 radical (unpaired) electrons. The Hall–Kier alpha value is -9.21. The van der Waals surface area contributed by atoms with Crippen molar-refractivity contribution in [1.29, 1.82) is 0 Å². The number of nitrogens with zero attached hydrogens (tertiary/aromatic N) is 4. The lowest BCUT2D eigenvalue weighted by Gasteiger charge is -2.19. The Morgan fingerprint density at radius 1 is 0.240 bits per heavy atom. The third kappa shape index (κ3) is 17.7. The SMILES string of the molecule is [2H]C([2H])([2H])c1c[n+](C)c(-c2cc(-c3ccc(C)cc3)c(C([2H])([2H])[2H])cc2C)cc1C.[2H]C([2H])([2H])c1cc(C)c(-c2cc(C)c([Si](C)(C)C)c[n+]2C)cc1-c1ccc(C)cc1.[2H]C([2H])([2H])c1cc(C)c(-c2cc(C)cc[n+]2C)cc1-c1ccc(C)cc1.[2H]C([2H])([2H])c1cc(C)c(-c2ccc([Si](C)(C)C)c[n+]2C)cc1-c1ccc(C)cc1. The molecule has 0 atom stereocenters. The normalized spacial score (nSPS) is 14.2. The monoisotopic (exact) mass is 1370 g/mol. The molecule has 0 aliphatic carbocycles. The highest BCUT2D eigenvalue weighted by molar-refractivity contribution is 6.89. The van der Waals surface area contributed by atoms with Crippen molar-refractivity contribution in [3.8, 4) is 89.5 Å². The van der Waals surface area contributed by atoms with Crippen LogP contribution in [0.3, 0.4) is 0 Å². The number of aryl methyl sites for hydroxylation is 20. The third-order valence-corrected chi connectivity index (χ3v) is 23.3. The third-order valence-electron chi connectivity index (χ3n) is 19.1. The van der Waals surface area contributed by atoms with Gasteiger partial charge < -0.3 is 0 Å². The van der Waals surface area contributed by atoms with Gasteiger partial charge in [-0.2, -0.15) is 0 Å². The zero-order valence-electron chi connectivity index (χ0n) is 77.9. The highest BCUT2D eigenvalue weighted by Crippen LogP contribution is 2.36. The average Bonchev–Trinajstić information content (AvgIpc) is 0.776. The molecule has 4 aromatic heterocycles. The van der Waals surface area contributed by atoms with Gasteiger partial charge in [-0.05, 0) is 240 Å². The molecule has 0 amide bonds. The molecule has 0 bridgehead atoms. The van der Waals surface area contributed by atoms with Gasteiger partial charge in [-0.1, -0.05) is 189 Å². The van der Waals surface area contributed by atoms with Gasteiger partial charge in [0.05, 0.1) is 16.1 Å². The van der Waals surface area contributed by atoms with Gasteiger partial charge in [0.15, 0.2) is 24.8 Å². The Morgan fingerprint density at radius 3 is 0.890 bits per heavy atom. The lowest BCUT2D eigenvalue weighted by molar-refractivity contribution is -0.660. The van der Waals surface area contributed by atoms with E-state index in [-0.39, 0.29) is 0 Å². The summed E-state index contributed by atoms with van der Waals surface area (Å²) in [6, 6.07) is 60.0. The minimum absolute atomic E-state index is 0.310. The first-order valence-electron chi connectivity index (χ1n) is 42.0. The first kappa shape index (κ1) is 56.5. The van der Waals surface area contributed by atoms with E-state index >= 15 is 0 Å². The Kier molecular flexibility index (Phi) is 17.6. The minimum atomic E-state index is -2.24. The van der Waals surface area contributed by atoms with Gasteiger partial charge in [0.1, 0.15) is 28.2 Å². The predicted molar refractivity (Wildman–Crippen MR) is 436 cm³/mol. The number of aromatic nitrogens is 4. The fourth-order valence-corrected chi connectivity index (χ4v) is 15.9. The largest absolute Gasteiger partial charge is 0.212 e. The molecule has 0 N–H and O–H groups in total. The lowest BCUT2D eigenvalue weighted by Crippen LogP contribution is -2.46. The number of benzene rings is 8. The summed E-state index contributed by atoms with van der Waals surface area (Å²) in [4.78, 5) is 0. The minimum Gasteiger partial charge on any atom is -0.201 e. The fraction of sp³-hybridized carbons (Fsp3) is 0.277. The summed E-state index contributed by atoms with van der Waals surface area (Å²) >= 11 is 0. The van der Waals surface area contributed by atoms with Gasteiger partial charge in [0.25, 0.3) is 0 Å². The highest BCUT2D eigenvalue weighted by Gasteiger charge is 2.27. The molecule has 6 heteroatoms. The summed E-state index contributed by atoms with van der Waals surface area (Å²) in [7, 11) is 5.13. The topological polar surface area (TPSA) is 15.5 Å². The van der Waals surface area contributed by atoms with Crippen LogP contribution >= 0.6 is 0 Å². The molecular formula is C94H112N4Si2+4. The first-order valence-corrected chi connectivity index (χ1v) is 41.5. The summed E-state index contributed by atoms with van der Waals surface area (Å²) in [6.07, 6.45) is 8.16. The van der Waals surface area contributed by atoms with Crippen LogP contribution in [0.25, 0.3) is 89.5 Å². The Balaban J connectivity index is 0.000000176. The van der Waals surface area contributed by atoms with E-state index in [1.807, 2.05) is 215 Å². The molecule has 0 unspecified atom stereocenters. The Bertz CT molecular complexity index is 5390. The highest BCUT2D eigenvalue weighted by atomic mass is 28.3. The number of hydrogen-bond acceptors (Lipinski definition) is 0. The van der Waals surface area contributed by atoms with Gasteiger partial charge in [-0.15, -0.1) is 0 Å². The predicted octanol–water partition coefficient (Wildman–Crippen LogP) is 21.4. The van der Waals surface area contributed by atoms with E-state index in [4.69, 9.17) is 20.6 Å². The lowest BCUT2D eigenvalue weighted by atomic mass is 9.92. The van der Waals surface area contributed by atoms with E-state index in [2.05, 4.69) is 130 Å². The smallest absolute Gasteiger partial charge is 0.201 e. The van der Waals surface area contributed by atoms with Crippen molar-refractivity contribution in [3.63, 3.8) is 0 Å². The van der Waals surface area contributed by atoms with E-state index in [1.54, 1.807) is 23.8 Å². The zero-order valence-corrected chi connectivity index (χ0v) is 64.9. The van der Waals surface area contributed by atoms with Gasteiger partial charge in [0.2, 0.25) is 22.8 Å². The second kappa shape index (κ2) is 31.1. The van der Waals surface area contributed by atoms with Crippen LogP contribution in [0.1, 0.15) is 110 Å². The molecule has 4 heterocycles. The second-order valence-corrected chi connectivity index (χ2v) is 39.8. The van der Waals surface area contributed by atoms with E-state index in [1.165, 1.54) is 21.5 Å². The molecule has 12 rings (SSSR count). The summed E-state index contributed by atoms with van der Waals surface area (Å²) in [5, 5.41) is 2.85. The molecule has 8 aromatic carbocycles. The number of hydrogen-bond donors (Lipinski definition) is 0. The average molecular weight is 1370 g/mol. The quantitative estimate of drug-likeness (QED) is 0.0958. The molecule has 12 aromatic rings. The first-order chi connectivity index (χ1) is 53.1. The molecular weight excluding hydrogens is 1240 g/mol. The summed E-state index contributed by atoms with van der Waals surface area (Å²) in [5.74, 6) is 0. The van der Waals surface area contributed by atoms with Crippen LogP contribution in [0, 0.1) is 110 Å². The van der Waals surface area contributed by atoms with Crippen LogP contribution in [0.15, 0.2) is 207 Å². The molecule has 0 fully saturated rings. The molecule has 0 saturated carbocycles. The van der Waals surface area contributed by atoms with Gasteiger partial charge in [-0.3, -0.25) is 0 Å². The molecule has 0 aliphatic rings. The van der Waals surface area contributed by atoms with Crippen LogP contribution in [-0.2, 0) is 28.2 Å². The van der Waals surface area contributed by atoms with E-state index < -0.39 is 50.4 Å². The van der Waals surface area contributed by atoms with Crippen molar-refractivity contribution in [2.24, 2.45) is 28.2 Å².